The van der Waals surface area contributed by atoms with E-state index < -0.39 is 0 Å². The second-order valence-electron chi connectivity index (χ2n) is 3.78. The molecule has 0 saturated heterocycles. The van der Waals surface area contributed by atoms with Crippen LogP contribution in [0.1, 0.15) is 5.56 Å². The van der Waals surface area contributed by atoms with E-state index in [2.05, 4.69) is 6.07 Å². The first-order valence-corrected chi connectivity index (χ1v) is 5.17. The molecule has 3 nitrogen and oxygen atoms in total. The highest BCUT2D eigenvalue weighted by Crippen LogP contribution is 2.28. The van der Waals surface area contributed by atoms with E-state index in [1.54, 1.807) is 14.2 Å². The van der Waals surface area contributed by atoms with Crippen molar-refractivity contribution in [3.05, 3.63) is 42.0 Å². The number of hydrogen-bond acceptors (Lipinski definition) is 3. The molecule has 0 aliphatic rings. The molecule has 16 heavy (non-hydrogen) atoms. The highest BCUT2D eigenvalue weighted by Gasteiger charge is 2.09. The Balaban J connectivity index is 2.63. The molecule has 2 aromatic rings. The Morgan fingerprint density at radius 1 is 1.19 bits per heavy atom. The SMILES string of the molecule is COc1ccc2ccccc2c1CN(C)O. The summed E-state index contributed by atoms with van der Waals surface area (Å²) in [6, 6.07) is 12.0. The van der Waals surface area contributed by atoms with Crippen LogP contribution in [-0.4, -0.2) is 24.4 Å². The van der Waals surface area contributed by atoms with Gasteiger partial charge in [0.15, 0.2) is 0 Å². The van der Waals surface area contributed by atoms with Gasteiger partial charge < -0.3 is 9.94 Å². The van der Waals surface area contributed by atoms with Crippen LogP contribution in [0.4, 0.5) is 0 Å². The lowest BCUT2D eigenvalue weighted by molar-refractivity contribution is -0.0732. The van der Waals surface area contributed by atoms with Crippen LogP contribution < -0.4 is 4.74 Å². The second-order valence-corrected chi connectivity index (χ2v) is 3.78. The summed E-state index contributed by atoms with van der Waals surface area (Å²) in [5.74, 6) is 0.805. The van der Waals surface area contributed by atoms with Crippen molar-refractivity contribution >= 4 is 10.8 Å². The molecule has 84 valence electrons. The summed E-state index contributed by atoms with van der Waals surface area (Å²) in [5, 5.41) is 12.8. The van der Waals surface area contributed by atoms with Gasteiger partial charge in [0.05, 0.1) is 13.7 Å². The van der Waals surface area contributed by atoms with Crippen LogP contribution in [-0.2, 0) is 6.54 Å². The van der Waals surface area contributed by atoms with E-state index in [1.807, 2.05) is 30.3 Å². The van der Waals surface area contributed by atoms with E-state index in [4.69, 9.17) is 4.74 Å². The molecule has 0 aliphatic carbocycles. The molecule has 2 rings (SSSR count). The summed E-state index contributed by atoms with van der Waals surface area (Å²) < 4.78 is 5.32. The average molecular weight is 217 g/mol. The largest absolute Gasteiger partial charge is 0.496 e. The zero-order valence-electron chi connectivity index (χ0n) is 9.47. The molecule has 0 aromatic heterocycles. The van der Waals surface area contributed by atoms with Crippen LogP contribution >= 0.6 is 0 Å². The Morgan fingerprint density at radius 3 is 2.62 bits per heavy atom. The fourth-order valence-corrected chi connectivity index (χ4v) is 1.90. The van der Waals surface area contributed by atoms with Gasteiger partial charge in [-0.15, -0.1) is 0 Å². The molecule has 0 atom stereocenters. The average Bonchev–Trinajstić information content (AvgIpc) is 2.29. The maximum atomic E-state index is 9.36. The lowest BCUT2D eigenvalue weighted by Gasteiger charge is -2.14. The van der Waals surface area contributed by atoms with Crippen molar-refractivity contribution in [2.24, 2.45) is 0 Å². The Bertz CT molecular complexity index is 494. The van der Waals surface area contributed by atoms with Gasteiger partial charge in [0.25, 0.3) is 0 Å². The number of hydroxylamine groups is 2. The zero-order chi connectivity index (χ0) is 11.5. The Labute approximate surface area is 94.8 Å². The minimum atomic E-state index is 0.449. The van der Waals surface area contributed by atoms with Crippen molar-refractivity contribution in [3.8, 4) is 5.75 Å². The highest BCUT2D eigenvalue weighted by atomic mass is 16.5. The van der Waals surface area contributed by atoms with Gasteiger partial charge in [-0.2, -0.15) is 5.06 Å². The Kier molecular flexibility index (Phi) is 3.08. The van der Waals surface area contributed by atoms with Gasteiger partial charge in [-0.3, -0.25) is 0 Å². The third kappa shape index (κ3) is 2.01. The number of methoxy groups -OCH3 is 1. The first-order chi connectivity index (χ1) is 7.72. The van der Waals surface area contributed by atoms with Crippen molar-refractivity contribution < 1.29 is 9.94 Å². The lowest BCUT2D eigenvalue weighted by atomic mass is 10.0. The van der Waals surface area contributed by atoms with E-state index in [9.17, 15) is 5.21 Å². The van der Waals surface area contributed by atoms with E-state index in [1.165, 1.54) is 0 Å². The third-order valence-corrected chi connectivity index (χ3v) is 2.60. The molecule has 3 heteroatoms. The van der Waals surface area contributed by atoms with Crippen LogP contribution in [0.15, 0.2) is 36.4 Å². The molecule has 0 aliphatic heterocycles. The molecular formula is C13H15NO2. The minimum Gasteiger partial charge on any atom is -0.496 e. The molecule has 0 bridgehead atoms. The summed E-state index contributed by atoms with van der Waals surface area (Å²) in [6.45, 7) is 0.449. The molecule has 0 saturated carbocycles. The van der Waals surface area contributed by atoms with Crippen LogP contribution in [0.25, 0.3) is 10.8 Å². The standard InChI is InChI=1S/C13H15NO2/c1-14(15)9-12-11-6-4-3-5-10(11)7-8-13(12)16-2/h3-8,15H,9H2,1-2H3. The minimum absolute atomic E-state index is 0.449. The predicted octanol–water partition coefficient (Wildman–Crippen LogP) is 2.67. The van der Waals surface area contributed by atoms with Crippen molar-refractivity contribution in [2.45, 2.75) is 6.54 Å². The fraction of sp³-hybridized carbons (Fsp3) is 0.231. The van der Waals surface area contributed by atoms with E-state index >= 15 is 0 Å². The smallest absolute Gasteiger partial charge is 0.124 e. The van der Waals surface area contributed by atoms with E-state index in [0.717, 1.165) is 27.1 Å². The molecule has 0 unspecified atom stereocenters. The maximum absolute atomic E-state index is 9.36. The van der Waals surface area contributed by atoms with Crippen molar-refractivity contribution in [3.63, 3.8) is 0 Å². The molecule has 1 N–H and O–H groups in total. The first kappa shape index (κ1) is 10.9. The number of hydrogen-bond donors (Lipinski definition) is 1. The molecule has 0 radical (unpaired) electrons. The number of nitrogens with zero attached hydrogens (tertiary/aromatic N) is 1. The van der Waals surface area contributed by atoms with Gasteiger partial charge in [-0.25, -0.2) is 0 Å². The highest BCUT2D eigenvalue weighted by molar-refractivity contribution is 5.87. The number of rotatable bonds is 3. The zero-order valence-corrected chi connectivity index (χ0v) is 9.47. The second kappa shape index (κ2) is 4.51. The molecule has 0 spiro atoms. The third-order valence-electron chi connectivity index (χ3n) is 2.60. The lowest BCUT2D eigenvalue weighted by Crippen LogP contribution is -2.12. The molecule has 2 aromatic carbocycles. The van der Waals surface area contributed by atoms with Gasteiger partial charge in [0, 0.05) is 12.6 Å². The summed E-state index contributed by atoms with van der Waals surface area (Å²) in [7, 11) is 3.27. The summed E-state index contributed by atoms with van der Waals surface area (Å²) >= 11 is 0. The molecule has 0 amide bonds. The summed E-state index contributed by atoms with van der Waals surface area (Å²) in [5.41, 5.74) is 1.01. The Morgan fingerprint density at radius 2 is 1.94 bits per heavy atom. The number of fused-ring (bicyclic) bond motifs is 1. The Hall–Kier alpha value is -1.58. The maximum Gasteiger partial charge on any atom is 0.124 e. The van der Waals surface area contributed by atoms with E-state index in [-0.39, 0.29) is 0 Å². The number of ether oxygens (including phenoxy) is 1. The van der Waals surface area contributed by atoms with Crippen molar-refractivity contribution in [1.29, 1.82) is 0 Å². The fourth-order valence-electron chi connectivity index (χ4n) is 1.90. The van der Waals surface area contributed by atoms with Crippen LogP contribution in [0.5, 0.6) is 5.75 Å². The monoisotopic (exact) mass is 217 g/mol. The molecule has 0 fully saturated rings. The van der Waals surface area contributed by atoms with Crippen molar-refractivity contribution in [1.82, 2.24) is 5.06 Å². The van der Waals surface area contributed by atoms with Crippen LogP contribution in [0.2, 0.25) is 0 Å². The van der Waals surface area contributed by atoms with Gasteiger partial charge in [0.1, 0.15) is 5.75 Å². The first-order valence-electron chi connectivity index (χ1n) is 5.17. The van der Waals surface area contributed by atoms with Gasteiger partial charge in [-0.1, -0.05) is 30.3 Å². The van der Waals surface area contributed by atoms with Gasteiger partial charge in [0.2, 0.25) is 0 Å². The molecular weight excluding hydrogens is 202 g/mol. The van der Waals surface area contributed by atoms with Crippen LogP contribution in [0, 0.1) is 0 Å². The van der Waals surface area contributed by atoms with Gasteiger partial charge in [-0.05, 0) is 16.8 Å². The molecule has 0 heterocycles. The number of benzene rings is 2. The quantitative estimate of drug-likeness (QED) is 0.802. The normalized spacial score (nSPS) is 11.0. The predicted molar refractivity (Wildman–Crippen MR) is 63.8 cm³/mol. The van der Waals surface area contributed by atoms with Crippen molar-refractivity contribution in [2.75, 3.05) is 14.2 Å². The summed E-state index contributed by atoms with van der Waals surface area (Å²) in [4.78, 5) is 0. The van der Waals surface area contributed by atoms with Gasteiger partial charge >= 0.3 is 0 Å². The van der Waals surface area contributed by atoms with E-state index in [0.29, 0.717) is 6.54 Å². The summed E-state index contributed by atoms with van der Waals surface area (Å²) in [6.07, 6.45) is 0. The topological polar surface area (TPSA) is 32.7 Å². The van der Waals surface area contributed by atoms with Crippen LogP contribution in [0.3, 0.4) is 0 Å².